The molecule has 0 saturated carbocycles. The predicted octanol–water partition coefficient (Wildman–Crippen LogP) is 2.70. The van der Waals surface area contributed by atoms with Crippen LogP contribution in [0.5, 0.6) is 0 Å². The summed E-state index contributed by atoms with van der Waals surface area (Å²) in [6.45, 7) is 5.91. The van der Waals surface area contributed by atoms with Gasteiger partial charge in [0.05, 0.1) is 6.21 Å². The van der Waals surface area contributed by atoms with Crippen LogP contribution in [0, 0.1) is 20.8 Å². The predicted molar refractivity (Wildman–Crippen MR) is 91.5 cm³/mol. The van der Waals surface area contributed by atoms with Crippen molar-refractivity contribution in [3.05, 3.63) is 64.7 Å². The molecule has 118 valence electrons. The number of nitrogens with zero attached hydrogens (tertiary/aromatic N) is 1. The first-order chi connectivity index (χ1) is 11.0. The average Bonchev–Trinajstić information content (AvgIpc) is 2.52. The molecule has 5 heteroatoms. The van der Waals surface area contributed by atoms with E-state index >= 15 is 0 Å². The highest BCUT2D eigenvalue weighted by molar-refractivity contribution is 6.39. The minimum atomic E-state index is -0.813. The highest BCUT2D eigenvalue weighted by atomic mass is 16.2. The lowest BCUT2D eigenvalue weighted by Crippen LogP contribution is -2.32. The third-order valence-electron chi connectivity index (χ3n) is 3.43. The van der Waals surface area contributed by atoms with Gasteiger partial charge in [0, 0.05) is 5.69 Å². The molecule has 0 atom stereocenters. The van der Waals surface area contributed by atoms with Gasteiger partial charge in [-0.05, 0) is 49.6 Å². The van der Waals surface area contributed by atoms with Crippen molar-refractivity contribution in [2.24, 2.45) is 5.10 Å². The van der Waals surface area contributed by atoms with Crippen LogP contribution < -0.4 is 10.7 Å². The SMILES string of the molecule is Cc1ccc(C=NNC(=O)C(=O)Nc2ccc(C)c(C)c2)cc1. The summed E-state index contributed by atoms with van der Waals surface area (Å²) in [4.78, 5) is 23.5. The summed E-state index contributed by atoms with van der Waals surface area (Å²) >= 11 is 0. The largest absolute Gasteiger partial charge is 0.329 e. The standard InChI is InChI=1S/C18H19N3O2/c1-12-4-7-15(8-5-12)11-19-21-18(23)17(22)20-16-9-6-13(2)14(3)10-16/h4-11H,1-3H3,(H,20,22)(H,21,23). The summed E-state index contributed by atoms with van der Waals surface area (Å²) in [5.41, 5.74) is 6.93. The Hall–Kier alpha value is -2.95. The zero-order valence-electron chi connectivity index (χ0n) is 13.4. The highest BCUT2D eigenvalue weighted by Crippen LogP contribution is 2.13. The molecule has 0 aliphatic carbocycles. The number of amides is 2. The summed E-state index contributed by atoms with van der Waals surface area (Å²) < 4.78 is 0. The number of rotatable bonds is 3. The second kappa shape index (κ2) is 7.35. The molecule has 0 aliphatic rings. The number of hydrogen-bond donors (Lipinski definition) is 2. The minimum absolute atomic E-state index is 0.579. The van der Waals surface area contributed by atoms with Gasteiger partial charge < -0.3 is 5.32 Å². The van der Waals surface area contributed by atoms with Gasteiger partial charge in [-0.15, -0.1) is 0 Å². The summed E-state index contributed by atoms with van der Waals surface area (Å²) in [7, 11) is 0. The molecule has 0 spiro atoms. The van der Waals surface area contributed by atoms with Crippen molar-refractivity contribution >= 4 is 23.7 Å². The van der Waals surface area contributed by atoms with E-state index in [4.69, 9.17) is 0 Å². The van der Waals surface area contributed by atoms with E-state index in [1.165, 1.54) is 6.21 Å². The molecule has 2 rings (SSSR count). The molecule has 2 aromatic rings. The number of carbonyl (C=O) groups is 2. The van der Waals surface area contributed by atoms with Crippen LogP contribution in [0.3, 0.4) is 0 Å². The van der Waals surface area contributed by atoms with Gasteiger partial charge in [0.2, 0.25) is 0 Å². The number of hydrazone groups is 1. The van der Waals surface area contributed by atoms with Crippen LogP contribution in [0.1, 0.15) is 22.3 Å². The van der Waals surface area contributed by atoms with Gasteiger partial charge in [-0.1, -0.05) is 35.9 Å². The van der Waals surface area contributed by atoms with Crippen molar-refractivity contribution in [3.8, 4) is 0 Å². The van der Waals surface area contributed by atoms with E-state index in [9.17, 15) is 9.59 Å². The molecule has 0 heterocycles. The lowest BCUT2D eigenvalue weighted by molar-refractivity contribution is -0.136. The lowest BCUT2D eigenvalue weighted by Gasteiger charge is -2.06. The molecule has 0 radical (unpaired) electrons. The molecule has 0 saturated heterocycles. The number of carbonyl (C=O) groups excluding carboxylic acids is 2. The molecule has 5 nitrogen and oxygen atoms in total. The van der Waals surface area contributed by atoms with Gasteiger partial charge >= 0.3 is 11.8 Å². The van der Waals surface area contributed by atoms with Crippen molar-refractivity contribution in [2.75, 3.05) is 5.32 Å². The first kappa shape index (κ1) is 16.4. The third-order valence-corrected chi connectivity index (χ3v) is 3.43. The molecule has 2 N–H and O–H groups in total. The van der Waals surface area contributed by atoms with E-state index in [0.29, 0.717) is 5.69 Å². The van der Waals surface area contributed by atoms with Crippen LogP contribution in [0.15, 0.2) is 47.6 Å². The van der Waals surface area contributed by atoms with Crippen LogP contribution in [-0.2, 0) is 9.59 Å². The number of hydrogen-bond acceptors (Lipinski definition) is 3. The second-order valence-electron chi connectivity index (χ2n) is 5.36. The summed E-state index contributed by atoms with van der Waals surface area (Å²) in [5.74, 6) is -1.57. The Morgan fingerprint density at radius 1 is 0.913 bits per heavy atom. The average molecular weight is 309 g/mol. The fourth-order valence-corrected chi connectivity index (χ4v) is 1.88. The van der Waals surface area contributed by atoms with E-state index in [0.717, 1.165) is 22.3 Å². The van der Waals surface area contributed by atoms with Gasteiger partial charge in [-0.2, -0.15) is 5.10 Å². The Kier molecular flexibility index (Phi) is 5.25. The van der Waals surface area contributed by atoms with Gasteiger partial charge in [0.25, 0.3) is 0 Å². The van der Waals surface area contributed by atoms with Crippen molar-refractivity contribution in [1.82, 2.24) is 5.43 Å². The first-order valence-corrected chi connectivity index (χ1v) is 7.24. The molecular weight excluding hydrogens is 290 g/mol. The smallest absolute Gasteiger partial charge is 0.318 e. The van der Waals surface area contributed by atoms with Crippen molar-refractivity contribution in [2.45, 2.75) is 20.8 Å². The fourth-order valence-electron chi connectivity index (χ4n) is 1.88. The van der Waals surface area contributed by atoms with Crippen LogP contribution >= 0.6 is 0 Å². The molecule has 0 aliphatic heterocycles. The van der Waals surface area contributed by atoms with E-state index in [1.807, 2.05) is 57.2 Å². The molecule has 2 amide bonds. The normalized spacial score (nSPS) is 10.6. The Morgan fingerprint density at radius 3 is 2.26 bits per heavy atom. The second-order valence-corrected chi connectivity index (χ2v) is 5.36. The first-order valence-electron chi connectivity index (χ1n) is 7.24. The summed E-state index contributed by atoms with van der Waals surface area (Å²) in [6.07, 6.45) is 1.49. The van der Waals surface area contributed by atoms with Gasteiger partial charge in [0.1, 0.15) is 0 Å². The quantitative estimate of drug-likeness (QED) is 0.520. The van der Waals surface area contributed by atoms with E-state index in [-0.39, 0.29) is 0 Å². The maximum absolute atomic E-state index is 11.8. The fraction of sp³-hybridized carbons (Fsp3) is 0.167. The molecule has 0 fully saturated rings. The molecule has 0 aromatic heterocycles. The summed E-state index contributed by atoms with van der Waals surface area (Å²) in [6, 6.07) is 13.1. The zero-order chi connectivity index (χ0) is 16.8. The van der Waals surface area contributed by atoms with Gasteiger partial charge in [0.15, 0.2) is 0 Å². The maximum atomic E-state index is 11.8. The van der Waals surface area contributed by atoms with E-state index in [1.54, 1.807) is 6.07 Å². The molecule has 0 unspecified atom stereocenters. The van der Waals surface area contributed by atoms with Gasteiger partial charge in [-0.25, -0.2) is 5.43 Å². The van der Waals surface area contributed by atoms with Crippen LogP contribution in [0.2, 0.25) is 0 Å². The topological polar surface area (TPSA) is 70.6 Å². The Morgan fingerprint density at radius 2 is 1.61 bits per heavy atom. The Labute approximate surface area is 135 Å². The minimum Gasteiger partial charge on any atom is -0.318 e. The Bertz CT molecular complexity index is 749. The van der Waals surface area contributed by atoms with E-state index < -0.39 is 11.8 Å². The number of benzene rings is 2. The lowest BCUT2D eigenvalue weighted by atomic mass is 10.1. The monoisotopic (exact) mass is 309 g/mol. The van der Waals surface area contributed by atoms with Crippen molar-refractivity contribution in [3.63, 3.8) is 0 Å². The van der Waals surface area contributed by atoms with Crippen LogP contribution in [0.25, 0.3) is 0 Å². The number of nitrogens with one attached hydrogen (secondary N) is 2. The highest BCUT2D eigenvalue weighted by Gasteiger charge is 2.12. The number of aryl methyl sites for hydroxylation is 3. The van der Waals surface area contributed by atoms with Crippen molar-refractivity contribution < 1.29 is 9.59 Å². The third kappa shape index (κ3) is 4.78. The van der Waals surface area contributed by atoms with Crippen LogP contribution in [-0.4, -0.2) is 18.0 Å². The zero-order valence-corrected chi connectivity index (χ0v) is 13.4. The number of anilines is 1. The maximum Gasteiger partial charge on any atom is 0.329 e. The summed E-state index contributed by atoms with van der Waals surface area (Å²) in [5, 5.41) is 6.32. The Balaban J connectivity index is 1.90. The molecule has 2 aromatic carbocycles. The van der Waals surface area contributed by atoms with Crippen molar-refractivity contribution in [1.29, 1.82) is 0 Å². The van der Waals surface area contributed by atoms with Gasteiger partial charge in [-0.3, -0.25) is 9.59 Å². The van der Waals surface area contributed by atoms with E-state index in [2.05, 4.69) is 15.8 Å². The molecular formula is C18H19N3O2. The van der Waals surface area contributed by atoms with Crippen LogP contribution in [0.4, 0.5) is 5.69 Å². The molecule has 23 heavy (non-hydrogen) atoms. The molecule has 0 bridgehead atoms.